The van der Waals surface area contributed by atoms with Crippen molar-refractivity contribution < 1.29 is 9.18 Å². The van der Waals surface area contributed by atoms with Gasteiger partial charge in [-0.25, -0.2) is 4.39 Å². The maximum absolute atomic E-state index is 13.3. The molecule has 1 saturated heterocycles. The van der Waals surface area contributed by atoms with E-state index in [0.29, 0.717) is 16.7 Å². The average Bonchev–Trinajstić information content (AvgIpc) is 3.13. The van der Waals surface area contributed by atoms with Crippen molar-refractivity contribution in [3.63, 3.8) is 0 Å². The van der Waals surface area contributed by atoms with E-state index in [1.54, 1.807) is 12.1 Å². The summed E-state index contributed by atoms with van der Waals surface area (Å²) in [5, 5.41) is 0. The maximum Gasteiger partial charge on any atom is 0.157 e. The molecule has 0 amide bonds. The Labute approximate surface area is 133 Å². The summed E-state index contributed by atoms with van der Waals surface area (Å²) in [6.07, 6.45) is 7.11. The second-order valence-corrected chi connectivity index (χ2v) is 7.14. The van der Waals surface area contributed by atoms with Gasteiger partial charge in [-0.05, 0) is 72.4 Å². The lowest BCUT2D eigenvalue weighted by atomic mass is 9.86. The van der Waals surface area contributed by atoms with Crippen molar-refractivity contribution in [2.24, 2.45) is 0 Å². The van der Waals surface area contributed by atoms with Crippen LogP contribution < -0.4 is 0 Å². The number of carbonyl (C=O) groups excluding carboxylic acids is 1. The monoisotopic (exact) mass is 353 g/mol. The van der Waals surface area contributed by atoms with Crippen LogP contribution in [0, 0.1) is 5.82 Å². The summed E-state index contributed by atoms with van der Waals surface area (Å²) in [4.78, 5) is 15.4. The highest BCUT2D eigenvalue weighted by atomic mass is 79.9. The highest BCUT2D eigenvalue weighted by molar-refractivity contribution is 9.10. The third-order valence-corrected chi connectivity index (χ3v) is 5.62. The molecule has 0 radical (unpaired) electrons. The van der Waals surface area contributed by atoms with Crippen LogP contribution in [0.25, 0.3) is 0 Å². The topological polar surface area (TPSA) is 20.3 Å². The minimum atomic E-state index is -0.277. The van der Waals surface area contributed by atoms with Crippen molar-refractivity contribution in [1.29, 1.82) is 0 Å². The number of ketones is 1. The first kappa shape index (κ1) is 15.2. The molecule has 2 nitrogen and oxygen atoms in total. The molecule has 1 saturated carbocycles. The molecule has 2 fully saturated rings. The Morgan fingerprint density at radius 3 is 2.48 bits per heavy atom. The molecular formula is C17H21BrFNO. The molecule has 0 aromatic heterocycles. The van der Waals surface area contributed by atoms with E-state index in [1.165, 1.54) is 18.9 Å². The summed E-state index contributed by atoms with van der Waals surface area (Å²) in [7, 11) is 0. The second kappa shape index (κ2) is 6.17. The van der Waals surface area contributed by atoms with E-state index >= 15 is 0 Å². The Morgan fingerprint density at radius 1 is 1.19 bits per heavy atom. The third kappa shape index (κ3) is 2.93. The summed E-state index contributed by atoms with van der Waals surface area (Å²) in [5.74, 6) is 0.0433. The average molecular weight is 354 g/mol. The Hall–Kier alpha value is -0.740. The van der Waals surface area contributed by atoms with Crippen LogP contribution in [-0.2, 0) is 11.2 Å². The maximum atomic E-state index is 13.3. The molecule has 114 valence electrons. The standard InChI is InChI=1S/C17H21BrFNO/c18-14-11-13(5-6-15(14)19)12-16(21)17(7-1-2-8-17)20-9-3-4-10-20/h5-6,11H,1-4,7-10,12H2. The van der Waals surface area contributed by atoms with E-state index in [4.69, 9.17) is 0 Å². The van der Waals surface area contributed by atoms with Crippen LogP contribution in [0.4, 0.5) is 4.39 Å². The smallest absolute Gasteiger partial charge is 0.157 e. The number of nitrogens with zero attached hydrogens (tertiary/aromatic N) is 1. The number of likely N-dealkylation sites (tertiary alicyclic amines) is 1. The summed E-state index contributed by atoms with van der Waals surface area (Å²) >= 11 is 3.20. The van der Waals surface area contributed by atoms with Gasteiger partial charge in [-0.2, -0.15) is 0 Å². The van der Waals surface area contributed by atoms with E-state index in [1.807, 2.05) is 0 Å². The zero-order valence-corrected chi connectivity index (χ0v) is 13.8. The van der Waals surface area contributed by atoms with Gasteiger partial charge in [0.05, 0.1) is 10.0 Å². The number of hydrogen-bond donors (Lipinski definition) is 0. The van der Waals surface area contributed by atoms with Crippen molar-refractivity contribution in [3.05, 3.63) is 34.1 Å². The number of rotatable bonds is 4. The third-order valence-electron chi connectivity index (χ3n) is 5.01. The lowest BCUT2D eigenvalue weighted by Gasteiger charge is -2.37. The van der Waals surface area contributed by atoms with Crippen LogP contribution in [0.3, 0.4) is 0 Å². The van der Waals surface area contributed by atoms with Crippen molar-refractivity contribution in [2.45, 2.75) is 50.5 Å². The van der Waals surface area contributed by atoms with Gasteiger partial charge in [-0.15, -0.1) is 0 Å². The molecule has 1 aromatic rings. The Balaban J connectivity index is 1.79. The predicted molar refractivity (Wildman–Crippen MR) is 84.8 cm³/mol. The van der Waals surface area contributed by atoms with Crippen LogP contribution in [0.2, 0.25) is 0 Å². The first-order valence-corrected chi connectivity index (χ1v) is 8.63. The highest BCUT2D eigenvalue weighted by Gasteiger charge is 2.45. The first-order chi connectivity index (χ1) is 10.1. The molecule has 0 N–H and O–H groups in total. The van der Waals surface area contributed by atoms with E-state index < -0.39 is 0 Å². The lowest BCUT2D eigenvalue weighted by Crippen LogP contribution is -2.52. The van der Waals surface area contributed by atoms with E-state index in [0.717, 1.165) is 44.3 Å². The van der Waals surface area contributed by atoms with Gasteiger partial charge in [0.15, 0.2) is 5.78 Å². The fourth-order valence-electron chi connectivity index (χ4n) is 3.88. The fraction of sp³-hybridized carbons (Fsp3) is 0.588. The van der Waals surface area contributed by atoms with Crippen LogP contribution in [0.5, 0.6) is 0 Å². The largest absolute Gasteiger partial charge is 0.297 e. The highest BCUT2D eigenvalue weighted by Crippen LogP contribution is 2.39. The molecule has 21 heavy (non-hydrogen) atoms. The van der Waals surface area contributed by atoms with Gasteiger partial charge in [0.2, 0.25) is 0 Å². The van der Waals surface area contributed by atoms with Crippen molar-refractivity contribution in [1.82, 2.24) is 4.90 Å². The number of hydrogen-bond acceptors (Lipinski definition) is 2. The number of carbonyl (C=O) groups is 1. The summed E-state index contributed by atoms with van der Waals surface area (Å²) < 4.78 is 13.8. The van der Waals surface area contributed by atoms with Gasteiger partial charge in [0.25, 0.3) is 0 Å². The van der Waals surface area contributed by atoms with Gasteiger partial charge < -0.3 is 0 Å². The summed E-state index contributed by atoms with van der Waals surface area (Å²) in [6.45, 7) is 2.11. The Kier molecular flexibility index (Phi) is 4.46. The molecule has 1 aromatic carbocycles. The molecule has 1 aliphatic carbocycles. The number of benzene rings is 1. The first-order valence-electron chi connectivity index (χ1n) is 7.84. The van der Waals surface area contributed by atoms with Crippen LogP contribution >= 0.6 is 15.9 Å². The van der Waals surface area contributed by atoms with E-state index in [9.17, 15) is 9.18 Å². The molecule has 0 atom stereocenters. The predicted octanol–water partition coefficient (Wildman–Crippen LogP) is 4.11. The summed E-state index contributed by atoms with van der Waals surface area (Å²) in [5.41, 5.74) is 0.663. The second-order valence-electron chi connectivity index (χ2n) is 6.28. The van der Waals surface area contributed by atoms with Gasteiger partial charge in [-0.3, -0.25) is 9.69 Å². The molecule has 3 rings (SSSR count). The van der Waals surface area contributed by atoms with Gasteiger partial charge in [0, 0.05) is 6.42 Å². The Bertz CT molecular complexity index is 534. The van der Waals surface area contributed by atoms with Crippen LogP contribution in [-0.4, -0.2) is 29.3 Å². The van der Waals surface area contributed by atoms with E-state index in [-0.39, 0.29) is 11.4 Å². The fourth-order valence-corrected chi connectivity index (χ4v) is 4.30. The zero-order valence-electron chi connectivity index (χ0n) is 12.2. The molecule has 0 spiro atoms. The minimum Gasteiger partial charge on any atom is -0.297 e. The molecule has 0 bridgehead atoms. The number of halogens is 2. The normalized spacial score (nSPS) is 21.8. The molecule has 1 aliphatic heterocycles. The summed E-state index contributed by atoms with van der Waals surface area (Å²) in [6, 6.07) is 4.90. The molecule has 0 unspecified atom stereocenters. The van der Waals surface area contributed by atoms with E-state index in [2.05, 4.69) is 20.8 Å². The SMILES string of the molecule is O=C(Cc1ccc(F)c(Br)c1)C1(N2CCCC2)CCCC1. The zero-order chi connectivity index (χ0) is 14.9. The molecule has 4 heteroatoms. The van der Waals surface area contributed by atoms with Crippen molar-refractivity contribution in [2.75, 3.05) is 13.1 Å². The number of Topliss-reactive ketones (excluding diaryl/α,β-unsaturated/α-hetero) is 1. The van der Waals surface area contributed by atoms with Gasteiger partial charge >= 0.3 is 0 Å². The van der Waals surface area contributed by atoms with Crippen LogP contribution in [0.1, 0.15) is 44.1 Å². The molecular weight excluding hydrogens is 333 g/mol. The molecule has 1 heterocycles. The Morgan fingerprint density at radius 2 is 1.86 bits per heavy atom. The van der Waals surface area contributed by atoms with Crippen molar-refractivity contribution >= 4 is 21.7 Å². The minimum absolute atomic E-state index is 0.239. The lowest BCUT2D eigenvalue weighted by molar-refractivity contribution is -0.129. The van der Waals surface area contributed by atoms with Crippen LogP contribution in [0.15, 0.2) is 22.7 Å². The van der Waals surface area contributed by atoms with Crippen molar-refractivity contribution in [3.8, 4) is 0 Å². The quantitative estimate of drug-likeness (QED) is 0.811. The van der Waals surface area contributed by atoms with Gasteiger partial charge in [-0.1, -0.05) is 18.9 Å². The molecule has 2 aliphatic rings. The van der Waals surface area contributed by atoms with Gasteiger partial charge in [0.1, 0.15) is 5.82 Å².